The smallest absolute Gasteiger partial charge is 0.266 e. The third-order valence-electron chi connectivity index (χ3n) is 4.04. The molecule has 0 atom stereocenters. The number of carbonyl (C=O) groups excluding carboxylic acids is 2. The lowest BCUT2D eigenvalue weighted by atomic mass is 10.3. The molecule has 134 valence electrons. The Morgan fingerprint density at radius 2 is 2.16 bits per heavy atom. The van der Waals surface area contributed by atoms with E-state index in [2.05, 4.69) is 17.4 Å². The van der Waals surface area contributed by atoms with Gasteiger partial charge in [-0.1, -0.05) is 24.0 Å². The minimum atomic E-state index is -0.182. The SMILES string of the molecule is CN1CCN(NC(=O)CCN2C(=O)/C(=C\c3ccco3)SC2=S)CC1. The van der Waals surface area contributed by atoms with Gasteiger partial charge in [-0.25, -0.2) is 5.01 Å². The molecule has 2 fully saturated rings. The summed E-state index contributed by atoms with van der Waals surface area (Å²) >= 11 is 6.49. The van der Waals surface area contributed by atoms with Crippen molar-refractivity contribution < 1.29 is 14.0 Å². The summed E-state index contributed by atoms with van der Waals surface area (Å²) in [5, 5.41) is 1.92. The maximum absolute atomic E-state index is 12.4. The number of amides is 2. The summed E-state index contributed by atoms with van der Waals surface area (Å²) in [4.78, 5) is 28.8. The predicted molar refractivity (Wildman–Crippen MR) is 100 cm³/mol. The first-order valence-electron chi connectivity index (χ1n) is 8.05. The van der Waals surface area contributed by atoms with Crippen molar-refractivity contribution in [3.63, 3.8) is 0 Å². The van der Waals surface area contributed by atoms with Crippen LogP contribution in [0.1, 0.15) is 12.2 Å². The number of hydrogen-bond acceptors (Lipinski definition) is 7. The van der Waals surface area contributed by atoms with Crippen LogP contribution in [0, 0.1) is 0 Å². The Balaban J connectivity index is 1.50. The molecule has 25 heavy (non-hydrogen) atoms. The van der Waals surface area contributed by atoms with Gasteiger partial charge in [0.1, 0.15) is 10.1 Å². The Labute approximate surface area is 156 Å². The zero-order valence-electron chi connectivity index (χ0n) is 13.9. The summed E-state index contributed by atoms with van der Waals surface area (Å²) in [5.74, 6) is 0.320. The van der Waals surface area contributed by atoms with Crippen molar-refractivity contribution in [2.45, 2.75) is 6.42 Å². The molecule has 2 amide bonds. The molecule has 3 rings (SSSR count). The fourth-order valence-electron chi connectivity index (χ4n) is 2.56. The number of likely N-dealkylation sites (N-methyl/N-ethyl adjacent to an activating group) is 1. The van der Waals surface area contributed by atoms with Gasteiger partial charge < -0.3 is 9.32 Å². The third-order valence-corrected chi connectivity index (χ3v) is 5.42. The lowest BCUT2D eigenvalue weighted by Crippen LogP contribution is -2.52. The highest BCUT2D eigenvalue weighted by atomic mass is 32.2. The molecule has 9 heteroatoms. The highest BCUT2D eigenvalue weighted by molar-refractivity contribution is 8.26. The van der Waals surface area contributed by atoms with Gasteiger partial charge in [0.25, 0.3) is 5.91 Å². The Bertz CT molecular complexity index is 682. The molecule has 0 aromatic carbocycles. The Kier molecular flexibility index (Phi) is 5.89. The topological polar surface area (TPSA) is 69.0 Å². The van der Waals surface area contributed by atoms with Gasteiger partial charge in [-0.2, -0.15) is 0 Å². The maximum atomic E-state index is 12.4. The van der Waals surface area contributed by atoms with Gasteiger partial charge in [-0.05, 0) is 19.2 Å². The Morgan fingerprint density at radius 1 is 1.40 bits per heavy atom. The number of piperazine rings is 1. The molecule has 0 bridgehead atoms. The summed E-state index contributed by atoms with van der Waals surface area (Å²) in [7, 11) is 2.06. The fourth-order valence-corrected chi connectivity index (χ4v) is 3.85. The normalized spacial score (nSPS) is 21.3. The van der Waals surface area contributed by atoms with Gasteiger partial charge in [-0.15, -0.1) is 0 Å². The number of nitrogens with one attached hydrogen (secondary N) is 1. The standard InChI is InChI=1S/C16H20N4O3S2/c1-18-6-8-19(9-7-18)17-14(21)4-5-20-15(22)13(25-16(20)24)11-12-3-2-10-23-12/h2-3,10-11H,4-9H2,1H3,(H,17,21)/b13-11+. The summed E-state index contributed by atoms with van der Waals surface area (Å²) in [5.41, 5.74) is 2.89. The van der Waals surface area contributed by atoms with Crippen molar-refractivity contribution in [3.8, 4) is 0 Å². The average Bonchev–Trinajstić information content (AvgIpc) is 3.18. The van der Waals surface area contributed by atoms with E-state index in [9.17, 15) is 9.59 Å². The lowest BCUT2D eigenvalue weighted by molar-refractivity contribution is -0.127. The number of carbonyl (C=O) groups is 2. The van der Waals surface area contributed by atoms with Crippen LogP contribution in [0.25, 0.3) is 6.08 Å². The van der Waals surface area contributed by atoms with Gasteiger partial charge in [0, 0.05) is 45.2 Å². The van der Waals surface area contributed by atoms with Crippen LogP contribution in [-0.4, -0.2) is 70.7 Å². The fraction of sp³-hybridized carbons (Fsp3) is 0.438. The van der Waals surface area contributed by atoms with Crippen molar-refractivity contribution in [2.75, 3.05) is 39.8 Å². The number of nitrogens with zero attached hydrogens (tertiary/aromatic N) is 3. The van der Waals surface area contributed by atoms with Gasteiger partial charge in [0.05, 0.1) is 11.2 Å². The largest absolute Gasteiger partial charge is 0.465 e. The van der Waals surface area contributed by atoms with E-state index in [1.165, 1.54) is 16.7 Å². The van der Waals surface area contributed by atoms with Gasteiger partial charge >= 0.3 is 0 Å². The zero-order valence-corrected chi connectivity index (χ0v) is 15.6. The molecule has 1 aromatic rings. The summed E-state index contributed by atoms with van der Waals surface area (Å²) in [6.45, 7) is 3.73. The first-order valence-corrected chi connectivity index (χ1v) is 9.27. The predicted octanol–water partition coefficient (Wildman–Crippen LogP) is 1.15. The Morgan fingerprint density at radius 3 is 2.84 bits per heavy atom. The van der Waals surface area contributed by atoms with E-state index in [1.807, 2.05) is 5.01 Å². The molecule has 0 saturated carbocycles. The number of hydrazine groups is 1. The molecule has 3 heterocycles. The molecule has 2 saturated heterocycles. The first kappa shape index (κ1) is 18.1. The van der Waals surface area contributed by atoms with Crippen molar-refractivity contribution in [1.82, 2.24) is 20.2 Å². The molecule has 2 aliphatic rings. The number of rotatable bonds is 5. The molecule has 0 spiro atoms. The highest BCUT2D eigenvalue weighted by Crippen LogP contribution is 2.32. The van der Waals surface area contributed by atoms with Crippen LogP contribution in [0.5, 0.6) is 0 Å². The van der Waals surface area contributed by atoms with Crippen LogP contribution < -0.4 is 5.43 Å². The summed E-state index contributed by atoms with van der Waals surface area (Å²) < 4.78 is 5.70. The highest BCUT2D eigenvalue weighted by Gasteiger charge is 2.32. The van der Waals surface area contributed by atoms with E-state index < -0.39 is 0 Å². The summed E-state index contributed by atoms with van der Waals surface area (Å²) in [6.07, 6.45) is 3.44. The van der Waals surface area contributed by atoms with Crippen molar-refractivity contribution in [2.24, 2.45) is 0 Å². The van der Waals surface area contributed by atoms with Crippen LogP contribution in [0.15, 0.2) is 27.7 Å². The van der Waals surface area contributed by atoms with Gasteiger partial charge in [-0.3, -0.25) is 19.9 Å². The molecule has 1 N–H and O–H groups in total. The maximum Gasteiger partial charge on any atom is 0.266 e. The van der Waals surface area contributed by atoms with Gasteiger partial charge in [0.15, 0.2) is 0 Å². The molecule has 1 aromatic heterocycles. The molecule has 0 radical (unpaired) electrons. The molecular formula is C16H20N4O3S2. The lowest BCUT2D eigenvalue weighted by Gasteiger charge is -2.32. The van der Waals surface area contributed by atoms with Crippen molar-refractivity contribution in [1.29, 1.82) is 0 Å². The molecular weight excluding hydrogens is 360 g/mol. The second kappa shape index (κ2) is 8.13. The molecule has 0 aliphatic carbocycles. The van der Waals surface area contributed by atoms with E-state index >= 15 is 0 Å². The van der Waals surface area contributed by atoms with Crippen LogP contribution >= 0.6 is 24.0 Å². The average molecular weight is 380 g/mol. The quantitative estimate of drug-likeness (QED) is 0.607. The minimum Gasteiger partial charge on any atom is -0.465 e. The molecule has 7 nitrogen and oxygen atoms in total. The van der Waals surface area contributed by atoms with E-state index in [1.54, 1.807) is 24.5 Å². The molecule has 2 aliphatic heterocycles. The number of hydrogen-bond donors (Lipinski definition) is 1. The van der Waals surface area contributed by atoms with E-state index in [4.69, 9.17) is 16.6 Å². The number of thioether (sulfide) groups is 1. The van der Waals surface area contributed by atoms with Crippen molar-refractivity contribution >= 4 is 46.2 Å². The molecule has 0 unspecified atom stereocenters. The van der Waals surface area contributed by atoms with Crippen LogP contribution in [0.2, 0.25) is 0 Å². The van der Waals surface area contributed by atoms with Crippen LogP contribution in [-0.2, 0) is 9.59 Å². The third kappa shape index (κ3) is 4.69. The van der Waals surface area contributed by atoms with E-state index in [0.717, 1.165) is 26.2 Å². The number of thiocarbonyl (C=S) groups is 1. The zero-order chi connectivity index (χ0) is 17.8. The van der Waals surface area contributed by atoms with E-state index in [-0.39, 0.29) is 24.8 Å². The van der Waals surface area contributed by atoms with Crippen LogP contribution in [0.4, 0.5) is 0 Å². The Hall–Kier alpha value is -1.68. The van der Waals surface area contributed by atoms with E-state index in [0.29, 0.717) is 15.0 Å². The second-order valence-electron chi connectivity index (χ2n) is 5.92. The van der Waals surface area contributed by atoms with Crippen molar-refractivity contribution in [3.05, 3.63) is 29.1 Å². The van der Waals surface area contributed by atoms with Gasteiger partial charge in [0.2, 0.25) is 5.91 Å². The summed E-state index contributed by atoms with van der Waals surface area (Å²) in [6, 6.07) is 3.53. The monoisotopic (exact) mass is 380 g/mol. The minimum absolute atomic E-state index is 0.103. The van der Waals surface area contributed by atoms with Crippen LogP contribution in [0.3, 0.4) is 0 Å². The number of furan rings is 1. The first-order chi connectivity index (χ1) is 12.0. The second-order valence-corrected chi connectivity index (χ2v) is 7.60.